The van der Waals surface area contributed by atoms with Gasteiger partial charge in [0, 0.05) is 24.8 Å². The molecule has 16 nitrogen and oxygen atoms in total. The van der Waals surface area contributed by atoms with Crippen LogP contribution < -0.4 is 5.56 Å². The van der Waals surface area contributed by atoms with Crippen molar-refractivity contribution in [3.05, 3.63) is 58.5 Å². The van der Waals surface area contributed by atoms with Crippen LogP contribution in [0.15, 0.2) is 47.4 Å². The molecule has 7 atom stereocenters. The minimum atomic E-state index is -2.27. The van der Waals surface area contributed by atoms with E-state index < -0.39 is 48.3 Å². The second-order valence-corrected chi connectivity index (χ2v) is 10.1. The zero-order valence-corrected chi connectivity index (χ0v) is 23.1. The minimum Gasteiger partial charge on any atom is -0.479 e. The average molecular weight is 610 g/mol. The fourth-order valence-corrected chi connectivity index (χ4v) is 4.38. The van der Waals surface area contributed by atoms with Crippen molar-refractivity contribution in [2.45, 2.75) is 62.6 Å². The number of aliphatic hydroxyl groups excluding tert-OH is 4. The number of carboxylic acids is 4. The Morgan fingerprint density at radius 1 is 0.837 bits per heavy atom. The van der Waals surface area contributed by atoms with Gasteiger partial charge in [-0.3, -0.25) is 4.79 Å². The zero-order valence-electron chi connectivity index (χ0n) is 23.1. The summed E-state index contributed by atoms with van der Waals surface area (Å²) in [6.07, 6.45) is -3.42. The van der Waals surface area contributed by atoms with E-state index >= 15 is 0 Å². The van der Waals surface area contributed by atoms with Crippen LogP contribution >= 0.6 is 0 Å². The summed E-state index contributed by atoms with van der Waals surface area (Å²) in [6.45, 7) is 4.86. The van der Waals surface area contributed by atoms with E-state index in [2.05, 4.69) is 29.1 Å². The number of nitrogens with zero attached hydrogens (tertiary/aromatic N) is 3. The van der Waals surface area contributed by atoms with Crippen LogP contribution in [0.1, 0.15) is 37.7 Å². The van der Waals surface area contributed by atoms with E-state index in [4.69, 9.17) is 40.9 Å². The van der Waals surface area contributed by atoms with E-state index in [1.807, 2.05) is 12.1 Å². The van der Waals surface area contributed by atoms with Gasteiger partial charge < -0.3 is 45.8 Å². The molecule has 4 rings (SSSR count). The lowest BCUT2D eigenvalue weighted by Crippen LogP contribution is -2.39. The molecule has 2 aliphatic rings. The maximum absolute atomic E-state index is 11.8. The van der Waals surface area contributed by atoms with Crippen LogP contribution in [-0.4, -0.2) is 123 Å². The number of benzene rings is 1. The smallest absolute Gasteiger partial charge is 0.335 e. The first-order chi connectivity index (χ1) is 20.1. The van der Waals surface area contributed by atoms with Crippen molar-refractivity contribution in [3.8, 4) is 5.69 Å². The molecule has 0 unspecified atom stereocenters. The minimum absolute atomic E-state index is 0.0902. The van der Waals surface area contributed by atoms with Crippen LogP contribution in [0, 0.1) is 5.92 Å². The van der Waals surface area contributed by atoms with Gasteiger partial charge in [-0.2, -0.15) is 9.78 Å². The number of carboxylic acid groups (broad SMARTS) is 4. The van der Waals surface area contributed by atoms with Gasteiger partial charge in [0.25, 0.3) is 5.56 Å². The van der Waals surface area contributed by atoms with E-state index in [-0.39, 0.29) is 5.56 Å². The molecular formula is C27H35N3O13. The summed E-state index contributed by atoms with van der Waals surface area (Å²) in [5.74, 6) is -5.58. The molecule has 1 aliphatic heterocycles. The van der Waals surface area contributed by atoms with Crippen LogP contribution in [0.25, 0.3) is 5.69 Å². The Morgan fingerprint density at radius 2 is 1.33 bits per heavy atom. The number of hydrogen-bond donors (Lipinski definition) is 8. The summed E-state index contributed by atoms with van der Waals surface area (Å²) in [5.41, 5.74) is 2.15. The average Bonchev–Trinajstić information content (AvgIpc) is 3.63. The molecule has 2 heterocycles. The van der Waals surface area contributed by atoms with Gasteiger partial charge in [-0.15, -0.1) is 0 Å². The molecule has 0 amide bonds. The number of aromatic nitrogens is 2. The van der Waals surface area contributed by atoms with E-state index in [0.717, 1.165) is 17.6 Å². The molecular weight excluding hydrogens is 574 g/mol. The zero-order chi connectivity index (χ0) is 32.4. The lowest BCUT2D eigenvalue weighted by molar-refractivity contribution is -0.165. The molecule has 16 heteroatoms. The lowest BCUT2D eigenvalue weighted by Gasteiger charge is -2.20. The third-order valence-electron chi connectivity index (χ3n) is 6.97. The molecule has 1 aromatic heterocycles. The number of likely N-dealkylation sites (tertiary alicyclic amines) is 1. The number of carbonyl (C=O) groups is 4. The molecule has 8 N–H and O–H groups in total. The normalized spacial score (nSPS) is 21.9. The molecule has 1 aliphatic carbocycles. The fourth-order valence-electron chi connectivity index (χ4n) is 4.38. The van der Waals surface area contributed by atoms with Gasteiger partial charge in [0.05, 0.1) is 5.69 Å². The fraction of sp³-hybridized carbons (Fsp3) is 0.481. The third-order valence-corrected chi connectivity index (χ3v) is 6.97. The Morgan fingerprint density at radius 3 is 1.72 bits per heavy atom. The Labute approximate surface area is 244 Å². The highest BCUT2D eigenvalue weighted by atomic mass is 16.4. The predicted molar refractivity (Wildman–Crippen MR) is 146 cm³/mol. The first-order valence-electron chi connectivity index (χ1n) is 13.2. The summed E-state index contributed by atoms with van der Waals surface area (Å²) >= 11 is 0. The predicted octanol–water partition coefficient (Wildman–Crippen LogP) is -1.42. The van der Waals surface area contributed by atoms with Crippen LogP contribution in [0.3, 0.4) is 0 Å². The van der Waals surface area contributed by atoms with Crippen molar-refractivity contribution < 1.29 is 60.0 Å². The highest BCUT2D eigenvalue weighted by Gasteiger charge is 2.40. The molecule has 1 saturated heterocycles. The standard InChI is InChI=1S/C19H23N3O.2C4H6O6/c1-14-4-3-11-21(14)13-16-12-18(16)15-6-8-17(9-7-15)22-19(23)5-2-10-20-22;2*5-1(3(7)8)2(6)4(9)10/h2,5-10,14,16,18H,3-4,11-13H2,1H3;2*1-2,5-6H,(H,7,8)(H,9,10)/t14-,16+,18+;2*1-,2-/m011/s1. The Balaban J connectivity index is 0.000000271. The van der Waals surface area contributed by atoms with E-state index in [1.165, 1.54) is 48.7 Å². The topological polar surface area (TPSA) is 268 Å². The quantitative estimate of drug-likeness (QED) is 0.153. The van der Waals surface area contributed by atoms with Gasteiger partial charge in [-0.1, -0.05) is 12.1 Å². The van der Waals surface area contributed by atoms with Crippen molar-refractivity contribution >= 4 is 23.9 Å². The first-order valence-corrected chi connectivity index (χ1v) is 13.2. The van der Waals surface area contributed by atoms with Gasteiger partial charge in [-0.25, -0.2) is 19.2 Å². The lowest BCUT2D eigenvalue weighted by atomic mass is 10.1. The molecule has 0 bridgehead atoms. The van der Waals surface area contributed by atoms with Gasteiger partial charge in [0.1, 0.15) is 0 Å². The van der Waals surface area contributed by atoms with Gasteiger partial charge in [0.15, 0.2) is 24.4 Å². The molecule has 2 aromatic rings. The van der Waals surface area contributed by atoms with Crippen LogP contribution in [0.4, 0.5) is 0 Å². The van der Waals surface area contributed by atoms with Crippen molar-refractivity contribution in [3.63, 3.8) is 0 Å². The summed E-state index contributed by atoms with van der Waals surface area (Å²) in [4.78, 5) is 53.6. The first kappa shape index (κ1) is 35.0. The molecule has 1 saturated carbocycles. The van der Waals surface area contributed by atoms with Gasteiger partial charge in [-0.05, 0) is 68.3 Å². The molecule has 0 radical (unpaired) electrons. The largest absolute Gasteiger partial charge is 0.479 e. The summed E-state index contributed by atoms with van der Waals surface area (Å²) < 4.78 is 1.44. The Kier molecular flexibility index (Phi) is 12.9. The SMILES string of the molecule is C[C@H]1CCCN1C[C@H]1C[C@@H]1c1ccc(-n2ncccc2=O)cc1.O=C(O)[C@H](O)[C@@H](O)C(=O)O.O=C(O)[C@H](O)[C@@H](O)C(=O)O. The summed E-state index contributed by atoms with van der Waals surface area (Å²) in [6, 6.07) is 12.3. The third kappa shape index (κ3) is 10.2. The number of aliphatic hydroxyl groups is 4. The van der Waals surface area contributed by atoms with Crippen molar-refractivity contribution in [1.82, 2.24) is 14.7 Å². The van der Waals surface area contributed by atoms with E-state index in [1.54, 1.807) is 12.3 Å². The highest BCUT2D eigenvalue weighted by molar-refractivity contribution is 5.83. The molecule has 236 valence electrons. The van der Waals surface area contributed by atoms with E-state index in [0.29, 0.717) is 5.92 Å². The van der Waals surface area contributed by atoms with E-state index in [9.17, 15) is 24.0 Å². The Bertz CT molecular complexity index is 1240. The van der Waals surface area contributed by atoms with Gasteiger partial charge >= 0.3 is 23.9 Å². The van der Waals surface area contributed by atoms with Crippen molar-refractivity contribution in [2.24, 2.45) is 5.92 Å². The molecule has 0 spiro atoms. The van der Waals surface area contributed by atoms with Crippen molar-refractivity contribution in [2.75, 3.05) is 13.1 Å². The molecule has 1 aromatic carbocycles. The second-order valence-electron chi connectivity index (χ2n) is 10.1. The maximum Gasteiger partial charge on any atom is 0.335 e. The Hall–Kier alpha value is -4.22. The number of aliphatic carboxylic acids is 4. The number of hydrogen-bond acceptors (Lipinski definition) is 11. The second kappa shape index (κ2) is 15.9. The summed E-state index contributed by atoms with van der Waals surface area (Å²) in [7, 11) is 0. The maximum atomic E-state index is 11.8. The van der Waals surface area contributed by atoms with Gasteiger partial charge in [0.2, 0.25) is 0 Å². The van der Waals surface area contributed by atoms with Crippen molar-refractivity contribution in [1.29, 1.82) is 0 Å². The van der Waals surface area contributed by atoms with Crippen LogP contribution in [-0.2, 0) is 19.2 Å². The monoisotopic (exact) mass is 609 g/mol. The number of rotatable bonds is 10. The molecule has 43 heavy (non-hydrogen) atoms. The summed E-state index contributed by atoms with van der Waals surface area (Å²) in [5, 5.41) is 69.2. The van der Waals surface area contributed by atoms with Crippen LogP contribution in [0.5, 0.6) is 0 Å². The highest BCUT2D eigenvalue weighted by Crippen LogP contribution is 2.48. The molecule has 2 fully saturated rings. The van der Waals surface area contributed by atoms with Crippen LogP contribution in [0.2, 0.25) is 0 Å².